The number of carbonyl (C=O) groups is 1. The van der Waals surface area contributed by atoms with Crippen LogP contribution in [-0.2, 0) is 24.7 Å². The lowest BCUT2D eigenvalue weighted by atomic mass is 10.1. The molecule has 3 aromatic carbocycles. The molecular weight excluding hydrogens is 500 g/mol. The van der Waals surface area contributed by atoms with E-state index in [1.54, 1.807) is 61.5 Å². The molecule has 0 spiro atoms. The van der Waals surface area contributed by atoms with Gasteiger partial charge in [0, 0.05) is 6.26 Å². The maximum Gasteiger partial charge on any atom is 0.264 e. The number of aryl methyl sites for hydroxylation is 2. The minimum atomic E-state index is -3.95. The van der Waals surface area contributed by atoms with Gasteiger partial charge in [0.15, 0.2) is 15.9 Å². The number of fused-ring (bicyclic) bond motifs is 1. The second-order valence-electron chi connectivity index (χ2n) is 9.00. The fraction of sp³-hybridized carbons (Fsp3) is 0.269. The molecule has 10 heteroatoms. The van der Waals surface area contributed by atoms with Crippen molar-refractivity contribution >= 4 is 31.5 Å². The van der Waals surface area contributed by atoms with Crippen molar-refractivity contribution < 1.29 is 26.4 Å². The van der Waals surface area contributed by atoms with Crippen molar-refractivity contribution in [3.63, 3.8) is 0 Å². The number of carbonyl (C=O) groups excluding carboxylic acids is 1. The van der Waals surface area contributed by atoms with Gasteiger partial charge < -0.3 is 10.1 Å². The highest BCUT2D eigenvalue weighted by molar-refractivity contribution is 7.92. The number of amides is 1. The Kier molecular flexibility index (Phi) is 6.85. The Balaban J connectivity index is 1.60. The first kappa shape index (κ1) is 25.7. The Labute approximate surface area is 211 Å². The van der Waals surface area contributed by atoms with Crippen molar-refractivity contribution in [2.75, 3.05) is 17.1 Å². The number of hydrogen-bond acceptors (Lipinski definition) is 6. The first-order valence-electron chi connectivity index (χ1n) is 11.3. The van der Waals surface area contributed by atoms with E-state index < -0.39 is 37.9 Å². The van der Waals surface area contributed by atoms with E-state index in [4.69, 9.17) is 4.74 Å². The number of ether oxygens (including phenoxy) is 1. The highest BCUT2D eigenvalue weighted by Gasteiger charge is 2.38. The lowest BCUT2D eigenvalue weighted by Crippen LogP contribution is -2.51. The van der Waals surface area contributed by atoms with E-state index in [2.05, 4.69) is 5.32 Å². The van der Waals surface area contributed by atoms with Gasteiger partial charge in [-0.3, -0.25) is 9.10 Å². The number of nitrogens with one attached hydrogen (secondary N) is 1. The fourth-order valence-electron chi connectivity index (χ4n) is 3.96. The molecule has 8 nitrogen and oxygen atoms in total. The van der Waals surface area contributed by atoms with Gasteiger partial charge in [-0.15, -0.1) is 0 Å². The predicted octanol–water partition coefficient (Wildman–Crippen LogP) is 3.54. The lowest BCUT2D eigenvalue weighted by molar-refractivity contribution is -0.128. The monoisotopic (exact) mass is 528 g/mol. The summed E-state index contributed by atoms with van der Waals surface area (Å²) in [6.07, 6.45) is 0.0427. The molecule has 0 unspecified atom stereocenters. The first-order chi connectivity index (χ1) is 16.9. The van der Waals surface area contributed by atoms with Crippen molar-refractivity contribution in [1.29, 1.82) is 0 Å². The molecular formula is C26H28N2O6S2. The van der Waals surface area contributed by atoms with E-state index in [9.17, 15) is 21.6 Å². The van der Waals surface area contributed by atoms with Gasteiger partial charge in [0.05, 0.1) is 28.1 Å². The summed E-state index contributed by atoms with van der Waals surface area (Å²) in [4.78, 5) is 13.5. The molecule has 0 bridgehead atoms. The van der Waals surface area contributed by atoms with Gasteiger partial charge in [0.25, 0.3) is 15.9 Å². The summed E-state index contributed by atoms with van der Waals surface area (Å²) in [7, 11) is -7.29. The van der Waals surface area contributed by atoms with Crippen LogP contribution in [0.4, 0.5) is 5.69 Å². The van der Waals surface area contributed by atoms with Crippen molar-refractivity contribution in [3.8, 4) is 5.75 Å². The van der Waals surface area contributed by atoms with Gasteiger partial charge in [-0.05, 0) is 68.3 Å². The third-order valence-electron chi connectivity index (χ3n) is 6.05. The van der Waals surface area contributed by atoms with Crippen LogP contribution in [0.3, 0.4) is 0 Å². The van der Waals surface area contributed by atoms with E-state index in [1.165, 1.54) is 16.4 Å². The number of sulfone groups is 1. The van der Waals surface area contributed by atoms with Crippen molar-refractivity contribution in [2.24, 2.45) is 0 Å². The summed E-state index contributed by atoms with van der Waals surface area (Å²) < 4.78 is 57.7. The van der Waals surface area contributed by atoms with Crippen LogP contribution >= 0.6 is 0 Å². The Morgan fingerprint density at radius 1 is 0.917 bits per heavy atom. The average molecular weight is 529 g/mol. The Bertz CT molecular complexity index is 1500. The summed E-state index contributed by atoms with van der Waals surface area (Å²) >= 11 is 0. The third-order valence-corrected chi connectivity index (χ3v) is 8.98. The van der Waals surface area contributed by atoms with Crippen molar-refractivity contribution in [1.82, 2.24) is 5.32 Å². The molecule has 1 heterocycles. The van der Waals surface area contributed by atoms with Crippen LogP contribution in [0, 0.1) is 13.8 Å². The molecule has 0 saturated carbocycles. The van der Waals surface area contributed by atoms with Gasteiger partial charge in [0.1, 0.15) is 5.75 Å². The van der Waals surface area contributed by atoms with Crippen molar-refractivity contribution in [3.05, 3.63) is 83.4 Å². The van der Waals surface area contributed by atoms with E-state index in [1.807, 2.05) is 13.8 Å². The quantitative estimate of drug-likeness (QED) is 0.524. The number of rotatable bonds is 6. The first-order valence-corrected chi connectivity index (χ1v) is 14.7. The van der Waals surface area contributed by atoms with Gasteiger partial charge in [-0.25, -0.2) is 16.8 Å². The second-order valence-corrected chi connectivity index (χ2v) is 12.9. The van der Waals surface area contributed by atoms with Crippen LogP contribution in [0.5, 0.6) is 5.75 Å². The van der Waals surface area contributed by atoms with Crippen LogP contribution in [-0.4, -0.2) is 41.6 Å². The molecule has 36 heavy (non-hydrogen) atoms. The Morgan fingerprint density at radius 3 is 2.11 bits per heavy atom. The number of benzene rings is 3. The van der Waals surface area contributed by atoms with Gasteiger partial charge in [-0.2, -0.15) is 0 Å². The molecule has 2 atom stereocenters. The smallest absolute Gasteiger partial charge is 0.264 e. The van der Waals surface area contributed by atoms with Crippen LogP contribution < -0.4 is 14.4 Å². The number of anilines is 1. The zero-order valence-electron chi connectivity index (χ0n) is 20.4. The van der Waals surface area contributed by atoms with Crippen LogP contribution in [0.2, 0.25) is 0 Å². The topological polar surface area (TPSA) is 110 Å². The minimum Gasteiger partial charge on any atom is -0.476 e. The van der Waals surface area contributed by atoms with Crippen LogP contribution in [0.25, 0.3) is 0 Å². The van der Waals surface area contributed by atoms with E-state index in [-0.39, 0.29) is 16.3 Å². The van der Waals surface area contributed by atoms with Gasteiger partial charge >= 0.3 is 0 Å². The standard InChI is InChI=1S/C26H28N2O6S2/c1-17-5-10-22(11-6-17)36(32,33)28-16-25(34-24-15-18(2)7-14-23(24)28)26(29)27-19(3)20-8-12-21(13-9-20)35(4,30)31/h5-15,19,25H,16H2,1-4H3,(H,27,29)/t19-,25-/m1/s1. The summed E-state index contributed by atoms with van der Waals surface area (Å²) in [5.41, 5.74) is 2.87. The van der Waals surface area contributed by atoms with Crippen LogP contribution in [0.1, 0.15) is 29.7 Å². The summed E-state index contributed by atoms with van der Waals surface area (Å²) in [5.74, 6) is -0.173. The predicted molar refractivity (Wildman–Crippen MR) is 137 cm³/mol. The number of sulfonamides is 1. The largest absolute Gasteiger partial charge is 0.476 e. The van der Waals surface area contributed by atoms with Crippen molar-refractivity contribution in [2.45, 2.75) is 42.7 Å². The zero-order valence-corrected chi connectivity index (χ0v) is 22.1. The molecule has 1 N–H and O–H groups in total. The SMILES string of the molecule is Cc1ccc(S(=O)(=O)N2C[C@H](C(=O)N[C@H](C)c3ccc(S(C)(=O)=O)cc3)Oc3cc(C)ccc32)cc1. The molecule has 0 saturated heterocycles. The Hall–Kier alpha value is -3.37. The fourth-order valence-corrected chi connectivity index (χ4v) is 6.06. The average Bonchev–Trinajstić information content (AvgIpc) is 2.82. The number of hydrogen-bond donors (Lipinski definition) is 1. The zero-order chi connectivity index (χ0) is 26.3. The maximum absolute atomic E-state index is 13.6. The second kappa shape index (κ2) is 9.59. The molecule has 1 aliphatic rings. The van der Waals surface area contributed by atoms with E-state index in [0.717, 1.165) is 17.4 Å². The molecule has 0 radical (unpaired) electrons. The van der Waals surface area contributed by atoms with E-state index >= 15 is 0 Å². The van der Waals surface area contributed by atoms with E-state index in [0.29, 0.717) is 17.0 Å². The molecule has 0 aromatic heterocycles. The number of nitrogens with zero attached hydrogens (tertiary/aromatic N) is 1. The molecule has 3 aromatic rings. The van der Waals surface area contributed by atoms with Crippen LogP contribution in [0.15, 0.2) is 76.5 Å². The summed E-state index contributed by atoms with van der Waals surface area (Å²) in [6, 6.07) is 17.5. The summed E-state index contributed by atoms with van der Waals surface area (Å²) in [5, 5.41) is 2.85. The molecule has 1 aliphatic heterocycles. The maximum atomic E-state index is 13.6. The highest BCUT2D eigenvalue weighted by Crippen LogP contribution is 2.38. The minimum absolute atomic E-state index is 0.125. The lowest BCUT2D eigenvalue weighted by Gasteiger charge is -2.35. The molecule has 0 aliphatic carbocycles. The molecule has 4 rings (SSSR count). The molecule has 0 fully saturated rings. The highest BCUT2D eigenvalue weighted by atomic mass is 32.2. The molecule has 1 amide bonds. The molecule has 190 valence electrons. The summed E-state index contributed by atoms with van der Waals surface area (Å²) in [6.45, 7) is 5.29. The normalized spacial score (nSPS) is 16.6. The van der Waals surface area contributed by atoms with Gasteiger partial charge in [0.2, 0.25) is 0 Å². The third kappa shape index (κ3) is 5.24. The Morgan fingerprint density at radius 2 is 1.50 bits per heavy atom. The van der Waals surface area contributed by atoms with Gasteiger partial charge in [-0.1, -0.05) is 35.9 Å².